The van der Waals surface area contributed by atoms with Crippen LogP contribution < -0.4 is 9.64 Å². The summed E-state index contributed by atoms with van der Waals surface area (Å²) in [5.74, 6) is 4.84. The van der Waals surface area contributed by atoms with E-state index in [0.29, 0.717) is 29.8 Å². The lowest BCUT2D eigenvalue weighted by molar-refractivity contribution is -0.274. The van der Waals surface area contributed by atoms with Crippen molar-refractivity contribution in [3.8, 4) is 28.7 Å². The van der Waals surface area contributed by atoms with E-state index >= 15 is 0 Å². The molecule has 0 aliphatic carbocycles. The highest BCUT2D eigenvalue weighted by atomic mass is 19.4. The predicted octanol–water partition coefficient (Wildman–Crippen LogP) is 4.94. The highest BCUT2D eigenvalue weighted by Crippen LogP contribution is 2.45. The lowest BCUT2D eigenvalue weighted by Gasteiger charge is -2.39. The maximum absolute atomic E-state index is 13.0. The van der Waals surface area contributed by atoms with Crippen LogP contribution in [0, 0.1) is 18.8 Å². The zero-order chi connectivity index (χ0) is 23.0. The number of benzene rings is 2. The Morgan fingerprint density at radius 1 is 1.19 bits per heavy atom. The Bertz CT molecular complexity index is 1080. The Kier molecular flexibility index (Phi) is 6.06. The van der Waals surface area contributed by atoms with Gasteiger partial charge >= 0.3 is 6.36 Å². The van der Waals surface area contributed by atoms with Crippen LogP contribution in [0.1, 0.15) is 43.9 Å². The summed E-state index contributed by atoms with van der Waals surface area (Å²) >= 11 is 0. The molecule has 1 N–H and O–H groups in total. The highest BCUT2D eigenvalue weighted by molar-refractivity contribution is 5.99. The first-order valence-corrected chi connectivity index (χ1v) is 9.92. The lowest BCUT2D eigenvalue weighted by atomic mass is 9.75. The average molecular weight is 431 g/mol. The van der Waals surface area contributed by atoms with Gasteiger partial charge in [-0.05, 0) is 54.8 Å². The van der Waals surface area contributed by atoms with E-state index in [1.54, 1.807) is 11.0 Å². The molecule has 1 heterocycles. The number of anilines is 1. The molecule has 7 heteroatoms. The molecule has 1 amide bonds. The van der Waals surface area contributed by atoms with Crippen LogP contribution in [-0.2, 0) is 10.2 Å². The standard InChI is InChI=1S/C24H24F3NO3/c1-5-28-20-13-17(15(2)11-19(20)23(3,4)14-22(28)30)18-12-16(7-6-10-29)8-9-21(18)31-24(25,26)27/h8-9,11-13,29H,5,10,14H2,1-4H3. The fourth-order valence-electron chi connectivity index (χ4n) is 3.98. The summed E-state index contributed by atoms with van der Waals surface area (Å²) in [5.41, 5.74) is 3.22. The van der Waals surface area contributed by atoms with E-state index in [9.17, 15) is 18.0 Å². The van der Waals surface area contributed by atoms with Gasteiger partial charge in [0.15, 0.2) is 0 Å². The first-order valence-electron chi connectivity index (χ1n) is 9.92. The van der Waals surface area contributed by atoms with Gasteiger partial charge in [-0.15, -0.1) is 13.2 Å². The minimum absolute atomic E-state index is 0.0240. The van der Waals surface area contributed by atoms with E-state index in [1.807, 2.05) is 33.8 Å². The molecule has 0 fully saturated rings. The highest BCUT2D eigenvalue weighted by Gasteiger charge is 2.37. The van der Waals surface area contributed by atoms with Gasteiger partial charge in [0.25, 0.3) is 0 Å². The zero-order valence-corrected chi connectivity index (χ0v) is 17.9. The number of hydrogen-bond acceptors (Lipinski definition) is 3. The van der Waals surface area contributed by atoms with Crippen molar-refractivity contribution in [2.24, 2.45) is 0 Å². The minimum Gasteiger partial charge on any atom is -0.405 e. The van der Waals surface area contributed by atoms with Crippen LogP contribution in [0.15, 0.2) is 30.3 Å². The number of carbonyl (C=O) groups excluding carboxylic acids is 1. The van der Waals surface area contributed by atoms with Crippen LogP contribution in [-0.4, -0.2) is 30.5 Å². The lowest BCUT2D eigenvalue weighted by Crippen LogP contribution is -2.41. The number of amides is 1. The number of carbonyl (C=O) groups is 1. The molecule has 2 aromatic carbocycles. The van der Waals surface area contributed by atoms with Crippen LogP contribution in [0.2, 0.25) is 0 Å². The molecule has 0 bridgehead atoms. The number of halogens is 3. The molecule has 3 rings (SSSR count). The van der Waals surface area contributed by atoms with Crippen LogP contribution in [0.5, 0.6) is 5.75 Å². The van der Waals surface area contributed by atoms with Crippen molar-refractivity contribution in [1.82, 2.24) is 0 Å². The molecular formula is C24H24F3NO3. The van der Waals surface area contributed by atoms with Gasteiger partial charge in [0.2, 0.25) is 5.91 Å². The molecule has 0 saturated heterocycles. The molecule has 1 aliphatic rings. The van der Waals surface area contributed by atoms with Gasteiger partial charge in [0.05, 0.1) is 0 Å². The first-order chi connectivity index (χ1) is 14.5. The minimum atomic E-state index is -4.86. The van der Waals surface area contributed by atoms with Gasteiger partial charge in [0.1, 0.15) is 12.4 Å². The normalized spacial score (nSPS) is 15.2. The van der Waals surface area contributed by atoms with Crippen molar-refractivity contribution in [3.63, 3.8) is 0 Å². The van der Waals surface area contributed by atoms with E-state index in [-0.39, 0.29) is 29.2 Å². The molecule has 2 aromatic rings. The topological polar surface area (TPSA) is 49.8 Å². The maximum atomic E-state index is 13.0. The second kappa shape index (κ2) is 8.27. The number of fused-ring (bicyclic) bond motifs is 1. The van der Waals surface area contributed by atoms with E-state index < -0.39 is 6.36 Å². The smallest absolute Gasteiger partial charge is 0.405 e. The summed E-state index contributed by atoms with van der Waals surface area (Å²) in [4.78, 5) is 14.3. The third kappa shape index (κ3) is 4.70. The third-order valence-electron chi connectivity index (χ3n) is 5.38. The molecule has 0 saturated carbocycles. The van der Waals surface area contributed by atoms with E-state index in [2.05, 4.69) is 16.6 Å². The molecule has 0 aromatic heterocycles. The molecule has 0 atom stereocenters. The number of alkyl halides is 3. The average Bonchev–Trinajstić information content (AvgIpc) is 2.66. The predicted molar refractivity (Wildman–Crippen MR) is 113 cm³/mol. The molecule has 164 valence electrons. The Morgan fingerprint density at radius 3 is 2.52 bits per heavy atom. The quantitative estimate of drug-likeness (QED) is 0.701. The molecule has 4 nitrogen and oxygen atoms in total. The number of nitrogens with zero attached hydrogens (tertiary/aromatic N) is 1. The van der Waals surface area contributed by atoms with Gasteiger partial charge in [-0.1, -0.05) is 31.8 Å². The molecule has 0 unspecified atom stereocenters. The summed E-state index contributed by atoms with van der Waals surface area (Å²) in [6.45, 7) is 7.75. The summed E-state index contributed by atoms with van der Waals surface area (Å²) in [5, 5.41) is 8.94. The van der Waals surface area contributed by atoms with Gasteiger partial charge in [-0.25, -0.2) is 0 Å². The largest absolute Gasteiger partial charge is 0.573 e. The van der Waals surface area contributed by atoms with Crippen LogP contribution in [0.4, 0.5) is 18.9 Å². The van der Waals surface area contributed by atoms with Crippen molar-refractivity contribution in [1.29, 1.82) is 0 Å². The van der Waals surface area contributed by atoms with Gasteiger partial charge in [0, 0.05) is 35.2 Å². The van der Waals surface area contributed by atoms with Crippen molar-refractivity contribution < 1.29 is 27.8 Å². The summed E-state index contributed by atoms with van der Waals surface area (Å²) in [6, 6.07) is 7.82. The van der Waals surface area contributed by atoms with E-state index in [1.165, 1.54) is 18.2 Å². The maximum Gasteiger partial charge on any atom is 0.573 e. The molecule has 0 spiro atoms. The van der Waals surface area contributed by atoms with Gasteiger partial charge < -0.3 is 14.7 Å². The summed E-state index contributed by atoms with van der Waals surface area (Å²) in [6.07, 6.45) is -4.50. The second-order valence-corrected chi connectivity index (χ2v) is 8.10. The van der Waals surface area contributed by atoms with Crippen LogP contribution in [0.3, 0.4) is 0 Å². The second-order valence-electron chi connectivity index (χ2n) is 8.10. The number of aryl methyl sites for hydroxylation is 1. The van der Waals surface area contributed by atoms with Crippen LogP contribution >= 0.6 is 0 Å². The number of rotatable bonds is 3. The number of aliphatic hydroxyl groups excluding tert-OH is 1. The van der Waals surface area contributed by atoms with Crippen molar-refractivity contribution in [3.05, 3.63) is 47.0 Å². The van der Waals surface area contributed by atoms with Crippen molar-refractivity contribution >= 4 is 11.6 Å². The van der Waals surface area contributed by atoms with Crippen LogP contribution in [0.25, 0.3) is 11.1 Å². The molecule has 1 aliphatic heterocycles. The monoisotopic (exact) mass is 431 g/mol. The fraction of sp³-hybridized carbons (Fsp3) is 0.375. The van der Waals surface area contributed by atoms with E-state index in [0.717, 1.165) is 11.1 Å². The number of ether oxygens (including phenoxy) is 1. The first kappa shape index (κ1) is 22.7. The molecular weight excluding hydrogens is 407 g/mol. The Morgan fingerprint density at radius 2 is 1.90 bits per heavy atom. The van der Waals surface area contributed by atoms with E-state index in [4.69, 9.17) is 5.11 Å². The molecule has 0 radical (unpaired) electrons. The SMILES string of the molecule is CCN1C(=O)CC(C)(C)c2cc(C)c(-c3cc(C#CCO)ccc3OC(F)(F)F)cc21. The number of hydrogen-bond donors (Lipinski definition) is 1. The Labute approximate surface area is 179 Å². The van der Waals surface area contributed by atoms with Gasteiger partial charge in [-0.2, -0.15) is 0 Å². The Hall–Kier alpha value is -2.98. The molecule has 31 heavy (non-hydrogen) atoms. The zero-order valence-electron chi connectivity index (χ0n) is 17.9. The van der Waals surface area contributed by atoms with Gasteiger partial charge in [-0.3, -0.25) is 4.79 Å². The van der Waals surface area contributed by atoms with Crippen molar-refractivity contribution in [2.45, 2.75) is 45.9 Å². The third-order valence-corrected chi connectivity index (χ3v) is 5.38. The Balaban J connectivity index is 2.26. The van der Waals surface area contributed by atoms with Crippen molar-refractivity contribution in [2.75, 3.05) is 18.1 Å². The summed E-state index contributed by atoms with van der Waals surface area (Å²) < 4.78 is 43.4. The number of aliphatic hydroxyl groups is 1. The fourth-order valence-corrected chi connectivity index (χ4v) is 3.98. The summed E-state index contributed by atoms with van der Waals surface area (Å²) in [7, 11) is 0.